The average Bonchev–Trinajstić information content (AvgIpc) is 3.69. The molecule has 282 valence electrons. The van der Waals surface area contributed by atoms with Crippen molar-refractivity contribution in [2.75, 3.05) is 7.11 Å². The highest BCUT2D eigenvalue weighted by Gasteiger charge is 2.60. The third kappa shape index (κ3) is 8.66. The Kier molecular flexibility index (Phi) is 13.1. The molecule has 8 nitrogen and oxygen atoms in total. The Morgan fingerprint density at radius 3 is 2.32 bits per heavy atom. The number of allylic oxidation sites excluding steroid dienone is 3. The molecule has 4 rings (SSSR count). The summed E-state index contributed by atoms with van der Waals surface area (Å²) in [6.45, 7) is 15.3. The van der Waals surface area contributed by atoms with Crippen LogP contribution in [-0.2, 0) is 28.7 Å². The highest BCUT2D eigenvalue weighted by Crippen LogP contribution is 2.56. The number of Topliss-reactive ketones (excluding diaryl/α,β-unsaturated/α-hetero) is 3. The summed E-state index contributed by atoms with van der Waals surface area (Å²) in [5, 5.41) is 23.2. The Balaban J connectivity index is 1.97. The molecule has 9 heteroatoms. The number of rotatable bonds is 2. The van der Waals surface area contributed by atoms with Crippen molar-refractivity contribution in [3.8, 4) is 0 Å². The van der Waals surface area contributed by atoms with Crippen molar-refractivity contribution in [3.63, 3.8) is 0 Å². The van der Waals surface area contributed by atoms with Crippen LogP contribution in [0.25, 0.3) is 0 Å². The van der Waals surface area contributed by atoms with Crippen molar-refractivity contribution in [3.05, 3.63) is 22.8 Å². The van der Waals surface area contributed by atoms with E-state index in [4.69, 9.17) is 21.1 Å². The van der Waals surface area contributed by atoms with E-state index >= 15 is 0 Å². The first-order valence-corrected chi connectivity index (χ1v) is 19.5. The summed E-state index contributed by atoms with van der Waals surface area (Å²) in [6, 6.07) is 0. The van der Waals surface area contributed by atoms with E-state index in [0.717, 1.165) is 30.4 Å². The van der Waals surface area contributed by atoms with Crippen LogP contribution in [0.2, 0.25) is 0 Å². The highest BCUT2D eigenvalue weighted by atomic mass is 35.5. The van der Waals surface area contributed by atoms with Gasteiger partial charge >= 0.3 is 5.97 Å². The molecule has 1 aliphatic heterocycles. The average molecular weight is 719 g/mol. The first-order chi connectivity index (χ1) is 23.3. The molecule has 4 aliphatic rings. The maximum atomic E-state index is 14.7. The van der Waals surface area contributed by atoms with Crippen molar-refractivity contribution in [2.24, 2.45) is 40.9 Å². The molecule has 1 heterocycles. The number of carbonyl (C=O) groups excluding carboxylic acids is 4. The Labute approximate surface area is 305 Å². The normalized spacial score (nSPS) is 42.7. The topological polar surface area (TPSA) is 130 Å². The van der Waals surface area contributed by atoms with Crippen LogP contribution in [0.1, 0.15) is 132 Å². The van der Waals surface area contributed by atoms with Crippen LogP contribution in [0, 0.1) is 40.9 Å². The fourth-order valence-corrected chi connectivity index (χ4v) is 9.50. The number of ketones is 3. The minimum atomic E-state index is -1.67. The minimum Gasteiger partial charge on any atom is -0.469 e. The molecule has 1 saturated carbocycles. The predicted octanol–water partition coefficient (Wildman–Crippen LogP) is 7.49. The first kappa shape index (κ1) is 40.9. The summed E-state index contributed by atoms with van der Waals surface area (Å²) in [6.07, 6.45) is 5.68. The van der Waals surface area contributed by atoms with Crippen molar-refractivity contribution >= 4 is 34.9 Å². The molecule has 0 aromatic carbocycles. The van der Waals surface area contributed by atoms with E-state index in [0.29, 0.717) is 31.3 Å². The number of fused-ring (bicyclic) bond motifs is 4. The molecule has 0 aromatic heterocycles. The molecule has 3 aliphatic carbocycles. The van der Waals surface area contributed by atoms with Crippen molar-refractivity contribution < 1.29 is 38.9 Å². The fourth-order valence-electron chi connectivity index (χ4n) is 9.30. The zero-order valence-corrected chi connectivity index (χ0v) is 32.7. The molecule has 50 heavy (non-hydrogen) atoms. The lowest BCUT2D eigenvalue weighted by atomic mass is 9.52. The van der Waals surface area contributed by atoms with Gasteiger partial charge in [0.2, 0.25) is 0 Å². The summed E-state index contributed by atoms with van der Waals surface area (Å²) < 4.78 is 11.7. The zero-order chi connectivity index (χ0) is 37.3. The van der Waals surface area contributed by atoms with E-state index in [1.807, 2.05) is 47.6 Å². The highest BCUT2D eigenvalue weighted by molar-refractivity contribution is 6.21. The van der Waals surface area contributed by atoms with Gasteiger partial charge in [-0.3, -0.25) is 19.2 Å². The summed E-state index contributed by atoms with van der Waals surface area (Å²) in [5.74, 6) is -3.73. The van der Waals surface area contributed by atoms with Gasteiger partial charge in [-0.1, -0.05) is 57.8 Å². The lowest BCUT2D eigenvalue weighted by molar-refractivity contribution is -0.166. The fraction of sp³-hybridized carbons (Fsp3) is 0.805. The number of methoxy groups -OCH3 is 1. The standard InChI is InChI=1S/C41H63ClO8/c1-23(2)28-20-31(43)26(5)12-10-11-24(3)18-32(44)29-19-27(6)37-30(41(29,22-33(28)45)38(47)49-9)17-25(4)13-14-36-40(8,50-36)16-15-35(42)39(7,48)21-34(37)46/h17,23-24,26,28-30,34-36,46,48H,10-16,18-22H2,1-9H3/b25-17-/t24-,26+,28-,29+,30-,34-,35+,36-,39-,40-,41+/m1/s1. The molecular formula is C41H63ClO8. The lowest BCUT2D eigenvalue weighted by Crippen LogP contribution is -2.55. The molecular weight excluding hydrogens is 656 g/mol. The van der Waals surface area contributed by atoms with Crippen LogP contribution in [0.15, 0.2) is 22.8 Å². The van der Waals surface area contributed by atoms with E-state index in [-0.39, 0.29) is 78.9 Å². The molecule has 11 atom stereocenters. The van der Waals surface area contributed by atoms with Gasteiger partial charge in [-0.15, -0.1) is 11.6 Å². The van der Waals surface area contributed by atoms with E-state index in [1.165, 1.54) is 7.11 Å². The quantitative estimate of drug-likeness (QED) is 0.130. The predicted molar refractivity (Wildman–Crippen MR) is 195 cm³/mol. The van der Waals surface area contributed by atoms with Gasteiger partial charge in [0.05, 0.1) is 41.3 Å². The molecule has 0 spiro atoms. The largest absolute Gasteiger partial charge is 0.469 e. The van der Waals surface area contributed by atoms with Gasteiger partial charge in [0.25, 0.3) is 0 Å². The number of ether oxygens (including phenoxy) is 2. The third-order valence-electron chi connectivity index (χ3n) is 12.8. The number of aliphatic hydroxyl groups is 2. The van der Waals surface area contributed by atoms with Gasteiger partial charge in [0, 0.05) is 49.4 Å². The van der Waals surface area contributed by atoms with Crippen molar-refractivity contribution in [1.82, 2.24) is 0 Å². The van der Waals surface area contributed by atoms with Crippen molar-refractivity contribution in [1.29, 1.82) is 0 Å². The maximum Gasteiger partial charge on any atom is 0.313 e. The Hall–Kier alpha value is -1.87. The molecule has 0 radical (unpaired) electrons. The summed E-state index contributed by atoms with van der Waals surface area (Å²) in [7, 11) is 1.29. The number of hydrogen-bond acceptors (Lipinski definition) is 8. The number of aliphatic hydroxyl groups excluding tert-OH is 1. The molecule has 2 N–H and O–H groups in total. The Bertz CT molecular complexity index is 1360. The van der Waals surface area contributed by atoms with Gasteiger partial charge in [-0.05, 0) is 83.6 Å². The van der Waals surface area contributed by atoms with E-state index in [1.54, 1.807) is 6.92 Å². The smallest absolute Gasteiger partial charge is 0.313 e. The zero-order valence-electron chi connectivity index (χ0n) is 32.0. The number of carbonyl (C=O) groups is 4. The van der Waals surface area contributed by atoms with Gasteiger partial charge in [0.1, 0.15) is 17.3 Å². The van der Waals surface area contributed by atoms with Crippen LogP contribution >= 0.6 is 11.6 Å². The second-order valence-corrected chi connectivity index (χ2v) is 17.9. The summed E-state index contributed by atoms with van der Waals surface area (Å²) in [5.41, 5.74) is -1.24. The number of esters is 1. The summed E-state index contributed by atoms with van der Waals surface area (Å²) in [4.78, 5) is 57.5. The van der Waals surface area contributed by atoms with Gasteiger partial charge in [0.15, 0.2) is 0 Å². The SMILES string of the molecule is COC(=O)[C@@]12CC(=O)[C@@H](C(C)C)CC(=O)[C@@H](C)CCC[C@@H](C)CC(=O)[C@@H]1CC(C)=C1[C@H](O)C[C@@](C)(O)[C@@H](Cl)CC[C@@]3(C)O[C@@H]3CC/C(C)=C\[C@H]12. The minimum absolute atomic E-state index is 0.0170. The molecule has 0 aromatic rings. The maximum absolute atomic E-state index is 14.7. The number of halogens is 1. The summed E-state index contributed by atoms with van der Waals surface area (Å²) >= 11 is 6.85. The lowest BCUT2D eigenvalue weighted by Gasteiger charge is -2.49. The molecule has 0 amide bonds. The van der Waals surface area contributed by atoms with Gasteiger partial charge in [-0.2, -0.15) is 0 Å². The number of alkyl halides is 1. The van der Waals surface area contributed by atoms with Crippen LogP contribution in [0.3, 0.4) is 0 Å². The molecule has 2 fully saturated rings. The van der Waals surface area contributed by atoms with E-state index < -0.39 is 46.2 Å². The van der Waals surface area contributed by atoms with E-state index in [9.17, 15) is 29.4 Å². The monoisotopic (exact) mass is 718 g/mol. The Morgan fingerprint density at radius 2 is 1.68 bits per heavy atom. The van der Waals surface area contributed by atoms with Crippen LogP contribution in [0.4, 0.5) is 0 Å². The Morgan fingerprint density at radius 1 is 1.00 bits per heavy atom. The molecule has 0 bridgehead atoms. The van der Waals surface area contributed by atoms with Crippen LogP contribution < -0.4 is 0 Å². The van der Waals surface area contributed by atoms with Gasteiger partial charge < -0.3 is 19.7 Å². The second kappa shape index (κ2) is 16.0. The number of hydrogen-bond donors (Lipinski definition) is 2. The molecule has 1 saturated heterocycles. The molecule has 0 unspecified atom stereocenters. The van der Waals surface area contributed by atoms with E-state index in [2.05, 4.69) is 6.92 Å². The van der Waals surface area contributed by atoms with Crippen LogP contribution in [0.5, 0.6) is 0 Å². The third-order valence-corrected chi connectivity index (χ3v) is 13.5. The second-order valence-electron chi connectivity index (χ2n) is 17.3. The van der Waals surface area contributed by atoms with Gasteiger partial charge in [-0.25, -0.2) is 0 Å². The first-order valence-electron chi connectivity index (χ1n) is 19.0. The van der Waals surface area contributed by atoms with Crippen LogP contribution in [-0.4, -0.2) is 69.4 Å². The number of epoxide rings is 1. The van der Waals surface area contributed by atoms with Crippen molar-refractivity contribution in [2.45, 2.75) is 161 Å².